The van der Waals surface area contributed by atoms with Crippen molar-refractivity contribution in [2.24, 2.45) is 5.92 Å². The summed E-state index contributed by atoms with van der Waals surface area (Å²) in [4.78, 5) is 24.6. The number of carbonyl (C=O) groups is 2. The number of rotatable bonds is 7. The van der Waals surface area contributed by atoms with Crippen LogP contribution in [0, 0.1) is 5.92 Å². The van der Waals surface area contributed by atoms with Crippen LogP contribution in [-0.4, -0.2) is 22.8 Å². The van der Waals surface area contributed by atoms with Gasteiger partial charge in [-0.2, -0.15) is 0 Å². The molecule has 28 heavy (non-hydrogen) atoms. The Balaban J connectivity index is 2.06. The highest BCUT2D eigenvalue weighted by atomic mass is 16.3. The molecule has 5 heteroatoms. The highest BCUT2D eigenvalue weighted by Crippen LogP contribution is 2.18. The lowest BCUT2D eigenvalue weighted by molar-refractivity contribution is -0.295. The van der Waals surface area contributed by atoms with Gasteiger partial charge in [-0.25, -0.2) is 0 Å². The van der Waals surface area contributed by atoms with Crippen LogP contribution in [0.1, 0.15) is 32.8 Å². The van der Waals surface area contributed by atoms with Crippen LogP contribution in [0.3, 0.4) is 0 Å². The molecule has 1 heterocycles. The highest BCUT2D eigenvalue weighted by Gasteiger charge is 2.35. The number of ketones is 1. The van der Waals surface area contributed by atoms with Crippen molar-refractivity contribution in [3.8, 4) is 5.75 Å². The lowest BCUT2D eigenvalue weighted by Gasteiger charge is -2.09. The van der Waals surface area contributed by atoms with E-state index in [1.807, 2.05) is 13.0 Å². The van der Waals surface area contributed by atoms with Crippen molar-refractivity contribution in [3.05, 3.63) is 77.1 Å². The van der Waals surface area contributed by atoms with Crippen LogP contribution >= 0.6 is 0 Å². The number of phenolic OH excluding ortho intramolecular Hbond substituents is 1. The predicted molar refractivity (Wildman–Crippen MR) is 107 cm³/mol. The zero-order valence-corrected chi connectivity index (χ0v) is 16.4. The second-order valence-corrected chi connectivity index (χ2v) is 7.01. The van der Waals surface area contributed by atoms with Crippen molar-refractivity contribution in [2.45, 2.75) is 39.7 Å². The van der Waals surface area contributed by atoms with Crippen molar-refractivity contribution in [2.75, 3.05) is 0 Å². The van der Waals surface area contributed by atoms with Gasteiger partial charge in [0.25, 0.3) is 5.91 Å². The van der Waals surface area contributed by atoms with Crippen LogP contribution in [0.5, 0.6) is 5.75 Å². The van der Waals surface area contributed by atoms with Crippen LogP contribution in [-0.2, 0) is 16.0 Å². The van der Waals surface area contributed by atoms with Gasteiger partial charge in [-0.05, 0) is 30.5 Å². The van der Waals surface area contributed by atoms with E-state index in [1.165, 1.54) is 24.3 Å². The maximum Gasteiger partial charge on any atom is 0.254 e. The summed E-state index contributed by atoms with van der Waals surface area (Å²) in [5, 5.41) is 24.2. The molecule has 1 aliphatic heterocycles. The van der Waals surface area contributed by atoms with Crippen molar-refractivity contribution in [1.82, 2.24) is 5.32 Å². The fourth-order valence-electron chi connectivity index (χ4n) is 2.88. The number of hydrogen-bond acceptors (Lipinski definition) is 4. The van der Waals surface area contributed by atoms with Gasteiger partial charge >= 0.3 is 0 Å². The van der Waals surface area contributed by atoms with Gasteiger partial charge in [-0.1, -0.05) is 74.1 Å². The van der Waals surface area contributed by atoms with Crippen LogP contribution in [0.2, 0.25) is 0 Å². The number of hydrogen-bond donors (Lipinski definition) is 2. The van der Waals surface area contributed by atoms with Crippen LogP contribution in [0.4, 0.5) is 0 Å². The summed E-state index contributed by atoms with van der Waals surface area (Å²) in [7, 11) is 0. The minimum absolute atomic E-state index is 0.125. The number of nitrogens with one attached hydrogen (secondary N) is 1. The molecule has 0 radical (unpaired) electrons. The molecule has 0 spiro atoms. The Morgan fingerprint density at radius 2 is 1.86 bits per heavy atom. The summed E-state index contributed by atoms with van der Waals surface area (Å²) >= 11 is 0. The van der Waals surface area contributed by atoms with E-state index in [1.54, 1.807) is 18.2 Å². The summed E-state index contributed by atoms with van der Waals surface area (Å²) in [5.41, 5.74) is 1.54. The van der Waals surface area contributed by atoms with Crippen LogP contribution < -0.4 is 10.4 Å². The van der Waals surface area contributed by atoms with Crippen LogP contribution in [0.15, 0.2) is 71.6 Å². The normalized spacial score (nSPS) is 20.8. The van der Waals surface area contributed by atoms with Gasteiger partial charge in [-0.15, -0.1) is 0 Å². The second kappa shape index (κ2) is 9.74. The maximum atomic E-state index is 12.5. The average molecular weight is 380 g/mol. The molecule has 1 amide bonds. The fraction of sp³-hybridized carbons (Fsp3) is 0.304. The molecule has 0 bridgehead atoms. The first-order chi connectivity index (χ1) is 13.3. The molecule has 2 unspecified atom stereocenters. The van der Waals surface area contributed by atoms with Crippen molar-refractivity contribution in [1.29, 1.82) is 0 Å². The molecule has 2 atom stereocenters. The fourth-order valence-corrected chi connectivity index (χ4v) is 2.88. The average Bonchev–Trinajstić information content (AvgIpc) is 2.93. The van der Waals surface area contributed by atoms with Gasteiger partial charge in [0.1, 0.15) is 5.75 Å². The molecule has 0 aliphatic carbocycles. The second-order valence-electron chi connectivity index (χ2n) is 7.01. The first-order valence-corrected chi connectivity index (χ1v) is 9.39. The van der Waals surface area contributed by atoms with Gasteiger partial charge < -0.3 is 15.5 Å². The number of benzene rings is 1. The summed E-state index contributed by atoms with van der Waals surface area (Å²) in [5.74, 6) is -1.12. The Morgan fingerprint density at radius 3 is 2.50 bits per heavy atom. The smallest absolute Gasteiger partial charge is 0.254 e. The Kier molecular flexibility index (Phi) is 7.38. The van der Waals surface area contributed by atoms with E-state index in [-0.39, 0.29) is 17.7 Å². The molecule has 1 aromatic rings. The zero-order valence-electron chi connectivity index (χ0n) is 16.4. The van der Waals surface area contributed by atoms with E-state index >= 15 is 0 Å². The Labute approximate surface area is 165 Å². The molecule has 0 aromatic heterocycles. The number of phenols is 1. The minimum Gasteiger partial charge on any atom is -0.872 e. The third kappa shape index (κ3) is 5.71. The molecular weight excluding hydrogens is 354 g/mol. The molecule has 2 rings (SSSR count). The van der Waals surface area contributed by atoms with Gasteiger partial charge in [0, 0.05) is 6.42 Å². The van der Waals surface area contributed by atoms with Crippen molar-refractivity contribution >= 4 is 11.7 Å². The van der Waals surface area contributed by atoms with Crippen LogP contribution in [0.25, 0.3) is 0 Å². The van der Waals surface area contributed by atoms with E-state index < -0.39 is 23.5 Å². The number of aromatic hydroxyl groups is 1. The third-order valence-corrected chi connectivity index (χ3v) is 4.63. The number of carbonyl (C=O) groups excluding carboxylic acids is 2. The molecule has 1 aliphatic rings. The lowest BCUT2D eigenvalue weighted by atomic mass is 10.0. The van der Waals surface area contributed by atoms with Crippen molar-refractivity contribution in [3.63, 3.8) is 0 Å². The molecule has 1 aromatic carbocycles. The minimum atomic E-state index is -0.763. The van der Waals surface area contributed by atoms with E-state index in [9.17, 15) is 19.8 Å². The van der Waals surface area contributed by atoms with Gasteiger partial charge in [0.05, 0.1) is 11.6 Å². The first kappa shape index (κ1) is 21.2. The SMILES string of the molecule is CCC(C)/C=C(C)/C=C/C=C/C([O-])=C1\C(=O)NC(Cc2ccc(O)cc2)C1=O. The maximum absolute atomic E-state index is 12.5. The molecule has 148 valence electrons. The molecule has 1 saturated heterocycles. The monoisotopic (exact) mass is 380 g/mol. The quantitative estimate of drug-likeness (QED) is 0.329. The predicted octanol–water partition coefficient (Wildman–Crippen LogP) is 2.72. The first-order valence-electron chi connectivity index (χ1n) is 9.39. The third-order valence-electron chi connectivity index (χ3n) is 4.63. The summed E-state index contributed by atoms with van der Waals surface area (Å²) in [6.45, 7) is 6.23. The summed E-state index contributed by atoms with van der Waals surface area (Å²) in [6.07, 6.45) is 9.84. The highest BCUT2D eigenvalue weighted by molar-refractivity contribution is 6.27. The Bertz CT molecular complexity index is 844. The summed E-state index contributed by atoms with van der Waals surface area (Å²) < 4.78 is 0. The lowest BCUT2D eigenvalue weighted by Crippen LogP contribution is -2.31. The molecule has 2 N–H and O–H groups in total. The van der Waals surface area contributed by atoms with E-state index in [0.717, 1.165) is 17.6 Å². The summed E-state index contributed by atoms with van der Waals surface area (Å²) in [6, 6.07) is 5.61. The zero-order chi connectivity index (χ0) is 20.7. The standard InChI is InChI=1S/C23H27NO4/c1-4-15(2)13-16(3)7-5-6-8-20(26)21-22(27)19(24-23(21)28)14-17-9-11-18(25)12-10-17/h5-13,15,19,25-26H,4,14H2,1-3H3,(H,24,28)/p-1/b7-5+,8-6+,16-13+,21-20+. The molecule has 0 saturated carbocycles. The number of amides is 1. The van der Waals surface area contributed by atoms with Gasteiger partial charge in [0.2, 0.25) is 0 Å². The van der Waals surface area contributed by atoms with Gasteiger partial charge in [-0.3, -0.25) is 9.59 Å². The topological polar surface area (TPSA) is 89.5 Å². The van der Waals surface area contributed by atoms with Crippen molar-refractivity contribution < 1.29 is 19.8 Å². The Hall–Kier alpha value is -3.08. The number of allylic oxidation sites excluding steroid dienone is 6. The Morgan fingerprint density at radius 1 is 1.21 bits per heavy atom. The molecule has 5 nitrogen and oxygen atoms in total. The van der Waals surface area contributed by atoms with E-state index in [4.69, 9.17) is 0 Å². The van der Waals surface area contributed by atoms with E-state index in [2.05, 4.69) is 25.2 Å². The van der Waals surface area contributed by atoms with Gasteiger partial charge in [0.15, 0.2) is 5.78 Å². The van der Waals surface area contributed by atoms with E-state index in [0.29, 0.717) is 5.92 Å². The molecule has 1 fully saturated rings. The largest absolute Gasteiger partial charge is 0.872 e. The number of Topliss-reactive ketones (excluding diaryl/α,β-unsaturated/α-hetero) is 1. The molecular formula is C23H26NO4-.